The van der Waals surface area contributed by atoms with Crippen LogP contribution in [0, 0.1) is 0 Å². The molecule has 0 aliphatic carbocycles. The van der Waals surface area contributed by atoms with Gasteiger partial charge < -0.3 is 15.5 Å². The van der Waals surface area contributed by atoms with Gasteiger partial charge in [0.1, 0.15) is 6.04 Å². The Kier molecular flexibility index (Phi) is 6.40. The molecule has 1 aliphatic rings. The summed E-state index contributed by atoms with van der Waals surface area (Å²) in [6.45, 7) is 4.06. The van der Waals surface area contributed by atoms with Crippen LogP contribution in [0.4, 0.5) is 4.79 Å². The van der Waals surface area contributed by atoms with Gasteiger partial charge >= 0.3 is 6.03 Å². The summed E-state index contributed by atoms with van der Waals surface area (Å²) in [4.78, 5) is 38.4. The molecule has 114 valence electrons. The Morgan fingerprint density at radius 3 is 2.65 bits per heavy atom. The molecular formula is C12H23N5O3. The molecule has 1 aliphatic heterocycles. The Balaban J connectivity index is 2.56. The van der Waals surface area contributed by atoms with Crippen LogP contribution in [0.3, 0.4) is 0 Å². The molecule has 1 fully saturated rings. The second-order valence-electron chi connectivity index (χ2n) is 4.83. The van der Waals surface area contributed by atoms with Crippen LogP contribution in [0.1, 0.15) is 6.92 Å². The van der Waals surface area contributed by atoms with Gasteiger partial charge in [0, 0.05) is 40.3 Å². The first-order valence-electron chi connectivity index (χ1n) is 6.69. The number of hydrogen-bond acceptors (Lipinski definition) is 5. The molecule has 20 heavy (non-hydrogen) atoms. The average molecular weight is 285 g/mol. The van der Waals surface area contributed by atoms with Crippen molar-refractivity contribution >= 4 is 17.8 Å². The van der Waals surface area contributed by atoms with Crippen molar-refractivity contribution in [3.05, 3.63) is 0 Å². The molecule has 0 spiro atoms. The maximum Gasteiger partial charge on any atom is 0.321 e. The fraction of sp³-hybridized carbons (Fsp3) is 0.750. The first kappa shape index (κ1) is 16.4. The molecule has 8 heteroatoms. The Morgan fingerprint density at radius 1 is 1.35 bits per heavy atom. The van der Waals surface area contributed by atoms with Gasteiger partial charge in [0.05, 0.1) is 6.54 Å². The van der Waals surface area contributed by atoms with Crippen molar-refractivity contribution in [1.29, 1.82) is 0 Å². The number of carbonyl (C=O) groups is 3. The highest BCUT2D eigenvalue weighted by Crippen LogP contribution is 2.05. The summed E-state index contributed by atoms with van der Waals surface area (Å²) in [7, 11) is 3.37. The van der Waals surface area contributed by atoms with E-state index in [9.17, 15) is 14.4 Å². The first-order chi connectivity index (χ1) is 9.45. The Bertz CT molecular complexity index is 372. The van der Waals surface area contributed by atoms with Crippen LogP contribution >= 0.6 is 0 Å². The number of piperazine rings is 1. The molecule has 0 radical (unpaired) electrons. The summed E-state index contributed by atoms with van der Waals surface area (Å²) in [6, 6.07) is -0.887. The van der Waals surface area contributed by atoms with Crippen molar-refractivity contribution in [2.24, 2.45) is 0 Å². The molecule has 0 aromatic rings. The highest BCUT2D eigenvalue weighted by atomic mass is 16.2. The molecule has 0 aromatic heterocycles. The van der Waals surface area contributed by atoms with Gasteiger partial charge in [-0.3, -0.25) is 19.8 Å². The summed E-state index contributed by atoms with van der Waals surface area (Å²) >= 11 is 0. The smallest absolute Gasteiger partial charge is 0.321 e. The Morgan fingerprint density at radius 2 is 2.05 bits per heavy atom. The lowest BCUT2D eigenvalue weighted by Crippen LogP contribution is -2.59. The van der Waals surface area contributed by atoms with Gasteiger partial charge in [0.2, 0.25) is 11.8 Å². The number of amides is 4. The molecular weight excluding hydrogens is 262 g/mol. The molecule has 4 amide bonds. The quantitative estimate of drug-likeness (QED) is 0.566. The van der Waals surface area contributed by atoms with E-state index in [1.807, 2.05) is 0 Å². The maximum absolute atomic E-state index is 12.0. The van der Waals surface area contributed by atoms with Crippen molar-refractivity contribution in [2.45, 2.75) is 13.0 Å². The van der Waals surface area contributed by atoms with Crippen LogP contribution in [-0.2, 0) is 9.59 Å². The van der Waals surface area contributed by atoms with Gasteiger partial charge in [0.25, 0.3) is 0 Å². The van der Waals surface area contributed by atoms with Crippen LogP contribution in [-0.4, -0.2) is 80.5 Å². The summed E-state index contributed by atoms with van der Waals surface area (Å²) in [5.41, 5.74) is 0. The minimum absolute atomic E-state index is 0.0308. The van der Waals surface area contributed by atoms with Gasteiger partial charge in [-0.05, 0) is 6.92 Å². The van der Waals surface area contributed by atoms with E-state index in [0.717, 1.165) is 0 Å². The molecule has 1 rings (SSSR count). The highest BCUT2D eigenvalue weighted by molar-refractivity contribution is 5.95. The second-order valence-corrected chi connectivity index (χ2v) is 4.83. The third-order valence-corrected chi connectivity index (χ3v) is 3.02. The summed E-state index contributed by atoms with van der Waals surface area (Å²) in [5, 5.41) is 7.86. The lowest BCUT2D eigenvalue weighted by Gasteiger charge is -2.35. The second kappa shape index (κ2) is 7.81. The standard InChI is InChI=1S/C12H23N5O3/c1-4-14-12(20)15-10(18)8-17-6-5-13-7-9(17)11(19)16(2)3/h9,13H,4-8H2,1-3H3,(H2,14,15,18,20). The monoisotopic (exact) mass is 285 g/mol. The van der Waals surface area contributed by atoms with Crippen LogP contribution in [0.25, 0.3) is 0 Å². The topological polar surface area (TPSA) is 93.8 Å². The molecule has 0 saturated carbocycles. The van der Waals surface area contributed by atoms with E-state index in [1.165, 1.54) is 4.90 Å². The Hall–Kier alpha value is -1.67. The normalized spacial score (nSPS) is 19.2. The number of nitrogens with zero attached hydrogens (tertiary/aromatic N) is 2. The molecule has 1 heterocycles. The molecule has 1 unspecified atom stereocenters. The summed E-state index contributed by atoms with van der Waals surface area (Å²) in [5.74, 6) is -0.461. The van der Waals surface area contributed by atoms with Gasteiger partial charge in [-0.25, -0.2) is 4.79 Å². The number of nitrogens with one attached hydrogen (secondary N) is 3. The van der Waals surface area contributed by atoms with E-state index in [-0.39, 0.29) is 18.5 Å². The largest absolute Gasteiger partial charge is 0.347 e. The molecule has 3 N–H and O–H groups in total. The maximum atomic E-state index is 12.0. The zero-order valence-electron chi connectivity index (χ0n) is 12.2. The highest BCUT2D eigenvalue weighted by Gasteiger charge is 2.31. The third-order valence-electron chi connectivity index (χ3n) is 3.02. The molecule has 8 nitrogen and oxygen atoms in total. The van der Waals surface area contributed by atoms with Gasteiger partial charge in [-0.15, -0.1) is 0 Å². The number of rotatable bonds is 4. The zero-order chi connectivity index (χ0) is 15.1. The molecule has 1 saturated heterocycles. The molecule has 0 bridgehead atoms. The van der Waals surface area contributed by atoms with Crippen molar-refractivity contribution in [3.63, 3.8) is 0 Å². The number of imide groups is 1. The van der Waals surface area contributed by atoms with Gasteiger partial charge in [-0.1, -0.05) is 0 Å². The van der Waals surface area contributed by atoms with E-state index in [1.54, 1.807) is 25.9 Å². The van der Waals surface area contributed by atoms with E-state index >= 15 is 0 Å². The minimum atomic E-state index is -0.511. The van der Waals surface area contributed by atoms with Crippen LogP contribution in [0.15, 0.2) is 0 Å². The minimum Gasteiger partial charge on any atom is -0.347 e. The summed E-state index contributed by atoms with van der Waals surface area (Å²) < 4.78 is 0. The van der Waals surface area contributed by atoms with Crippen LogP contribution in [0.5, 0.6) is 0 Å². The molecule has 0 aromatic carbocycles. The lowest BCUT2D eigenvalue weighted by atomic mass is 10.1. The SMILES string of the molecule is CCNC(=O)NC(=O)CN1CCNCC1C(=O)N(C)C. The first-order valence-corrected chi connectivity index (χ1v) is 6.69. The summed E-state index contributed by atoms with van der Waals surface area (Å²) in [6.07, 6.45) is 0. The van der Waals surface area contributed by atoms with Crippen LogP contribution < -0.4 is 16.0 Å². The average Bonchev–Trinajstić information content (AvgIpc) is 2.38. The van der Waals surface area contributed by atoms with Crippen molar-refractivity contribution < 1.29 is 14.4 Å². The zero-order valence-corrected chi connectivity index (χ0v) is 12.2. The van der Waals surface area contributed by atoms with E-state index in [4.69, 9.17) is 0 Å². The predicted molar refractivity (Wildman–Crippen MR) is 74.1 cm³/mol. The predicted octanol–water partition coefficient (Wildman–Crippen LogP) is -1.81. The fourth-order valence-electron chi connectivity index (χ4n) is 2.03. The number of urea groups is 1. The number of likely N-dealkylation sites (N-methyl/N-ethyl adjacent to an activating group) is 1. The lowest BCUT2D eigenvalue weighted by molar-refractivity contribution is -0.136. The van der Waals surface area contributed by atoms with Crippen molar-refractivity contribution in [2.75, 3.05) is 46.8 Å². The number of carbonyl (C=O) groups excluding carboxylic acids is 3. The van der Waals surface area contributed by atoms with Crippen molar-refractivity contribution in [3.8, 4) is 0 Å². The fourth-order valence-corrected chi connectivity index (χ4v) is 2.03. The Labute approximate surface area is 118 Å². The third kappa shape index (κ3) is 4.78. The van der Waals surface area contributed by atoms with E-state index in [2.05, 4.69) is 16.0 Å². The van der Waals surface area contributed by atoms with Crippen LogP contribution in [0.2, 0.25) is 0 Å². The van der Waals surface area contributed by atoms with E-state index < -0.39 is 11.9 Å². The van der Waals surface area contributed by atoms with E-state index in [0.29, 0.717) is 26.2 Å². The number of hydrogen-bond donors (Lipinski definition) is 3. The van der Waals surface area contributed by atoms with Crippen molar-refractivity contribution in [1.82, 2.24) is 25.8 Å². The van der Waals surface area contributed by atoms with Gasteiger partial charge in [0.15, 0.2) is 0 Å². The molecule has 1 atom stereocenters. The van der Waals surface area contributed by atoms with Gasteiger partial charge in [-0.2, -0.15) is 0 Å².